The van der Waals surface area contributed by atoms with E-state index in [4.69, 9.17) is 0 Å². The van der Waals surface area contributed by atoms with E-state index in [2.05, 4.69) is 56.4 Å². The molecule has 6 heteroatoms. The van der Waals surface area contributed by atoms with Crippen molar-refractivity contribution in [1.82, 2.24) is 14.0 Å². The first kappa shape index (κ1) is 17.5. The first-order valence-electron chi connectivity index (χ1n) is 9.97. The molecule has 0 unspecified atom stereocenters. The molecule has 1 aromatic carbocycles. The first-order valence-corrected chi connectivity index (χ1v) is 10.9. The number of hydrogen-bond donors (Lipinski definition) is 0. The summed E-state index contributed by atoms with van der Waals surface area (Å²) < 4.78 is 4.24. The molecule has 0 radical (unpaired) electrons. The SMILES string of the molecule is CCc1c(C)nc2scc(N3CCC(n4ccc5ccccc54)CC3)n2c1=O. The zero-order chi connectivity index (χ0) is 19.3. The van der Waals surface area contributed by atoms with Gasteiger partial charge in [0.05, 0.1) is 0 Å². The molecule has 3 aromatic heterocycles. The molecule has 144 valence electrons. The van der Waals surface area contributed by atoms with E-state index in [9.17, 15) is 4.79 Å². The highest BCUT2D eigenvalue weighted by atomic mass is 32.1. The van der Waals surface area contributed by atoms with Gasteiger partial charge in [0.2, 0.25) is 0 Å². The van der Waals surface area contributed by atoms with Crippen LogP contribution in [0.4, 0.5) is 5.82 Å². The fourth-order valence-corrected chi connectivity index (χ4v) is 5.43. The van der Waals surface area contributed by atoms with E-state index in [0.717, 1.165) is 54.4 Å². The molecule has 1 aliphatic heterocycles. The van der Waals surface area contributed by atoms with Crippen LogP contribution in [-0.2, 0) is 6.42 Å². The molecular formula is C22H24N4OS. The van der Waals surface area contributed by atoms with Gasteiger partial charge in [-0.1, -0.05) is 25.1 Å². The van der Waals surface area contributed by atoms with Gasteiger partial charge in [-0.05, 0) is 43.7 Å². The monoisotopic (exact) mass is 392 g/mol. The number of hydrogen-bond acceptors (Lipinski definition) is 4. The van der Waals surface area contributed by atoms with Gasteiger partial charge in [-0.15, -0.1) is 11.3 Å². The molecule has 0 atom stereocenters. The molecule has 0 N–H and O–H groups in total. The van der Waals surface area contributed by atoms with E-state index in [1.165, 1.54) is 10.9 Å². The molecular weight excluding hydrogens is 368 g/mol. The van der Waals surface area contributed by atoms with E-state index >= 15 is 0 Å². The van der Waals surface area contributed by atoms with Gasteiger partial charge in [-0.25, -0.2) is 9.38 Å². The molecule has 1 saturated heterocycles. The van der Waals surface area contributed by atoms with Crippen LogP contribution in [0.15, 0.2) is 46.7 Å². The number of aromatic nitrogens is 3. The number of nitrogens with zero attached hydrogens (tertiary/aromatic N) is 4. The summed E-state index contributed by atoms with van der Waals surface area (Å²) in [4.78, 5) is 20.8. The predicted octanol–water partition coefficient (Wildman–Crippen LogP) is 4.42. The van der Waals surface area contributed by atoms with E-state index < -0.39 is 0 Å². The molecule has 1 fully saturated rings. The Labute approximate surface area is 167 Å². The number of fused-ring (bicyclic) bond motifs is 2. The lowest BCUT2D eigenvalue weighted by Crippen LogP contribution is -2.36. The van der Waals surface area contributed by atoms with Gasteiger partial charge in [0.1, 0.15) is 5.82 Å². The number of anilines is 1. The summed E-state index contributed by atoms with van der Waals surface area (Å²) in [6.45, 7) is 5.86. The highest BCUT2D eigenvalue weighted by molar-refractivity contribution is 7.15. The van der Waals surface area contributed by atoms with Crippen molar-refractivity contribution < 1.29 is 0 Å². The van der Waals surface area contributed by atoms with Crippen molar-refractivity contribution in [3.63, 3.8) is 0 Å². The molecule has 0 amide bonds. The van der Waals surface area contributed by atoms with Crippen molar-refractivity contribution in [1.29, 1.82) is 0 Å². The second-order valence-corrected chi connectivity index (χ2v) is 8.38. The summed E-state index contributed by atoms with van der Waals surface area (Å²) in [7, 11) is 0. The molecule has 28 heavy (non-hydrogen) atoms. The van der Waals surface area contributed by atoms with Crippen LogP contribution in [0, 0.1) is 6.92 Å². The summed E-state index contributed by atoms with van der Waals surface area (Å²) in [5.41, 5.74) is 3.09. The van der Waals surface area contributed by atoms with Gasteiger partial charge >= 0.3 is 0 Å². The molecule has 0 saturated carbocycles. The zero-order valence-electron chi connectivity index (χ0n) is 16.3. The third kappa shape index (κ3) is 2.66. The number of rotatable bonds is 3. The highest BCUT2D eigenvalue weighted by Gasteiger charge is 2.24. The summed E-state index contributed by atoms with van der Waals surface area (Å²) in [5.74, 6) is 1.00. The number of para-hydroxylation sites is 1. The number of thiazole rings is 1. The Bertz CT molecular complexity index is 1210. The highest BCUT2D eigenvalue weighted by Crippen LogP contribution is 2.31. The van der Waals surface area contributed by atoms with Crippen molar-refractivity contribution in [2.45, 2.75) is 39.2 Å². The fraction of sp³-hybridized carbons (Fsp3) is 0.364. The van der Waals surface area contributed by atoms with Crippen LogP contribution in [0.25, 0.3) is 15.9 Å². The Hall–Kier alpha value is -2.60. The van der Waals surface area contributed by atoms with Crippen molar-refractivity contribution in [2.75, 3.05) is 18.0 Å². The number of piperidine rings is 1. The maximum absolute atomic E-state index is 13.0. The van der Waals surface area contributed by atoms with Crippen molar-refractivity contribution in [2.24, 2.45) is 0 Å². The third-order valence-electron chi connectivity index (χ3n) is 6.02. The number of benzene rings is 1. The van der Waals surface area contributed by atoms with Crippen molar-refractivity contribution in [3.05, 3.63) is 63.5 Å². The molecule has 4 heterocycles. The maximum Gasteiger partial charge on any atom is 0.263 e. The van der Waals surface area contributed by atoms with Crippen LogP contribution in [-0.4, -0.2) is 27.0 Å². The Morgan fingerprint density at radius 1 is 1.18 bits per heavy atom. The minimum atomic E-state index is 0.0970. The largest absolute Gasteiger partial charge is 0.357 e. The smallest absolute Gasteiger partial charge is 0.263 e. The molecule has 1 aliphatic rings. The predicted molar refractivity (Wildman–Crippen MR) is 116 cm³/mol. The number of aryl methyl sites for hydroxylation is 1. The van der Waals surface area contributed by atoms with Gasteiger partial charge in [0.15, 0.2) is 4.96 Å². The van der Waals surface area contributed by atoms with Gasteiger partial charge < -0.3 is 9.47 Å². The van der Waals surface area contributed by atoms with Crippen LogP contribution in [0.3, 0.4) is 0 Å². The van der Waals surface area contributed by atoms with Crippen LogP contribution in [0.1, 0.15) is 37.1 Å². The van der Waals surface area contributed by atoms with Crippen LogP contribution in [0.2, 0.25) is 0 Å². The lowest BCUT2D eigenvalue weighted by Gasteiger charge is -2.34. The van der Waals surface area contributed by atoms with E-state index in [-0.39, 0.29) is 5.56 Å². The Balaban J connectivity index is 1.44. The third-order valence-corrected chi connectivity index (χ3v) is 6.83. The van der Waals surface area contributed by atoms with Crippen molar-refractivity contribution >= 4 is 33.0 Å². The average molecular weight is 393 g/mol. The second-order valence-electron chi connectivity index (χ2n) is 7.55. The molecule has 0 spiro atoms. The summed E-state index contributed by atoms with van der Waals surface area (Å²) in [6.07, 6.45) is 5.09. The van der Waals surface area contributed by atoms with Crippen LogP contribution in [0.5, 0.6) is 0 Å². The van der Waals surface area contributed by atoms with Gasteiger partial charge in [-0.3, -0.25) is 4.79 Å². The quantitative estimate of drug-likeness (QED) is 0.518. The molecule has 5 nitrogen and oxygen atoms in total. The second kappa shape index (κ2) is 6.78. The molecule has 4 aromatic rings. The minimum absolute atomic E-state index is 0.0970. The summed E-state index contributed by atoms with van der Waals surface area (Å²) in [6, 6.07) is 11.3. The molecule has 0 bridgehead atoms. The zero-order valence-corrected chi connectivity index (χ0v) is 17.1. The minimum Gasteiger partial charge on any atom is -0.357 e. The fourth-order valence-electron chi connectivity index (χ4n) is 4.50. The van der Waals surface area contributed by atoms with Crippen molar-refractivity contribution in [3.8, 4) is 0 Å². The summed E-state index contributed by atoms with van der Waals surface area (Å²) >= 11 is 1.56. The Kier molecular flexibility index (Phi) is 4.23. The van der Waals surface area contributed by atoms with E-state index in [0.29, 0.717) is 6.04 Å². The lowest BCUT2D eigenvalue weighted by molar-refractivity contribution is 0.404. The molecule has 0 aliphatic carbocycles. The first-order chi connectivity index (χ1) is 13.7. The Morgan fingerprint density at radius 3 is 2.75 bits per heavy atom. The normalized spacial score (nSPS) is 15.7. The van der Waals surface area contributed by atoms with Crippen LogP contribution >= 0.6 is 11.3 Å². The van der Waals surface area contributed by atoms with E-state index in [1.54, 1.807) is 11.3 Å². The summed E-state index contributed by atoms with van der Waals surface area (Å²) in [5, 5.41) is 3.39. The van der Waals surface area contributed by atoms with Gasteiger partial charge in [0, 0.05) is 47.5 Å². The topological polar surface area (TPSA) is 42.5 Å². The van der Waals surface area contributed by atoms with Gasteiger partial charge in [0.25, 0.3) is 5.56 Å². The standard InChI is InChI=1S/C22H24N4OS/c1-3-18-15(2)23-22-26(21(18)27)20(14-28-22)24-11-9-17(10-12-24)25-13-8-16-6-4-5-7-19(16)25/h4-8,13-14,17H,3,9-12H2,1-2H3. The average Bonchev–Trinajstić information content (AvgIpc) is 3.33. The Morgan fingerprint density at radius 2 is 1.96 bits per heavy atom. The lowest BCUT2D eigenvalue weighted by atomic mass is 10.0. The maximum atomic E-state index is 13.0. The van der Waals surface area contributed by atoms with Gasteiger partial charge in [-0.2, -0.15) is 0 Å². The van der Waals surface area contributed by atoms with Crippen LogP contribution < -0.4 is 10.5 Å². The van der Waals surface area contributed by atoms with E-state index in [1.807, 2.05) is 18.2 Å². The molecule has 5 rings (SSSR count).